The molecule has 2 nitrogen and oxygen atoms in total. The Morgan fingerprint density at radius 3 is 2.20 bits per heavy atom. The van der Waals surface area contributed by atoms with Crippen LogP contribution < -0.4 is 0 Å². The standard InChI is InChI=1S/C7H7F.C5H5NO/c1-6-2-4-7(8)5-3-6;7-4-5-2-1-3-6-5/h2-5H,1H3;1-4,6H. The van der Waals surface area contributed by atoms with Crippen molar-refractivity contribution in [1.82, 2.24) is 4.98 Å². The van der Waals surface area contributed by atoms with E-state index in [1.54, 1.807) is 30.5 Å². The number of carbonyl (C=O) groups is 1. The van der Waals surface area contributed by atoms with Crippen molar-refractivity contribution < 1.29 is 9.18 Å². The Kier molecular flexibility index (Phi) is 4.29. The van der Waals surface area contributed by atoms with Crippen LogP contribution in [0.1, 0.15) is 16.1 Å². The highest BCUT2D eigenvalue weighted by atomic mass is 19.1. The van der Waals surface area contributed by atoms with E-state index in [0.29, 0.717) is 5.69 Å². The van der Waals surface area contributed by atoms with E-state index in [-0.39, 0.29) is 5.82 Å². The van der Waals surface area contributed by atoms with Crippen molar-refractivity contribution in [2.75, 3.05) is 0 Å². The quantitative estimate of drug-likeness (QED) is 0.713. The van der Waals surface area contributed by atoms with E-state index in [4.69, 9.17) is 0 Å². The number of rotatable bonds is 1. The minimum atomic E-state index is -0.171. The molecule has 2 rings (SSSR count). The Morgan fingerprint density at radius 1 is 1.20 bits per heavy atom. The van der Waals surface area contributed by atoms with Gasteiger partial charge in [0.25, 0.3) is 0 Å². The predicted molar refractivity (Wildman–Crippen MR) is 57.3 cm³/mol. The summed E-state index contributed by atoms with van der Waals surface area (Å²) in [5, 5.41) is 0. The Bertz CT molecular complexity index is 371. The number of benzene rings is 1. The molecule has 0 unspecified atom stereocenters. The van der Waals surface area contributed by atoms with Crippen molar-refractivity contribution in [3.05, 3.63) is 59.7 Å². The monoisotopic (exact) mass is 205 g/mol. The van der Waals surface area contributed by atoms with Crippen molar-refractivity contribution in [3.63, 3.8) is 0 Å². The molecule has 0 aliphatic carbocycles. The van der Waals surface area contributed by atoms with Crippen LogP contribution in [0.4, 0.5) is 4.39 Å². The fraction of sp³-hybridized carbons (Fsp3) is 0.0833. The number of aldehydes is 1. The average Bonchev–Trinajstić information content (AvgIpc) is 2.76. The third-order valence-corrected chi connectivity index (χ3v) is 1.76. The molecular formula is C12H12FNO. The molecular weight excluding hydrogens is 193 g/mol. The largest absolute Gasteiger partial charge is 0.359 e. The number of hydrogen-bond donors (Lipinski definition) is 1. The van der Waals surface area contributed by atoms with E-state index < -0.39 is 0 Å². The lowest BCUT2D eigenvalue weighted by Crippen LogP contribution is -1.72. The first kappa shape index (κ1) is 11.2. The van der Waals surface area contributed by atoms with E-state index >= 15 is 0 Å². The van der Waals surface area contributed by atoms with Crippen molar-refractivity contribution in [1.29, 1.82) is 0 Å². The summed E-state index contributed by atoms with van der Waals surface area (Å²) in [4.78, 5) is 12.6. The second-order valence-electron chi connectivity index (χ2n) is 3.04. The van der Waals surface area contributed by atoms with Gasteiger partial charge in [-0.3, -0.25) is 4.79 Å². The lowest BCUT2D eigenvalue weighted by molar-refractivity contribution is 0.111. The highest BCUT2D eigenvalue weighted by molar-refractivity contribution is 5.71. The second kappa shape index (κ2) is 5.75. The second-order valence-corrected chi connectivity index (χ2v) is 3.04. The first-order valence-electron chi connectivity index (χ1n) is 4.53. The van der Waals surface area contributed by atoms with Gasteiger partial charge in [0.1, 0.15) is 5.82 Å². The number of aryl methyl sites for hydroxylation is 1. The van der Waals surface area contributed by atoms with E-state index in [9.17, 15) is 9.18 Å². The maximum atomic E-state index is 12.1. The molecule has 0 bridgehead atoms. The summed E-state index contributed by atoms with van der Waals surface area (Å²) in [6.07, 6.45) is 2.49. The van der Waals surface area contributed by atoms with Gasteiger partial charge >= 0.3 is 0 Å². The van der Waals surface area contributed by atoms with Crippen molar-refractivity contribution in [2.45, 2.75) is 6.92 Å². The van der Waals surface area contributed by atoms with E-state index in [0.717, 1.165) is 11.8 Å². The molecule has 0 spiro atoms. The lowest BCUT2D eigenvalue weighted by atomic mass is 10.2. The normalized spacial score (nSPS) is 8.93. The van der Waals surface area contributed by atoms with Crippen LogP contribution >= 0.6 is 0 Å². The molecule has 0 aliphatic heterocycles. The molecule has 78 valence electrons. The Morgan fingerprint density at radius 2 is 1.87 bits per heavy atom. The van der Waals surface area contributed by atoms with Gasteiger partial charge in [0.15, 0.2) is 6.29 Å². The van der Waals surface area contributed by atoms with Crippen LogP contribution in [-0.4, -0.2) is 11.3 Å². The van der Waals surface area contributed by atoms with Crippen molar-refractivity contribution in [2.24, 2.45) is 0 Å². The van der Waals surface area contributed by atoms with Crippen LogP contribution in [0.5, 0.6) is 0 Å². The number of hydrogen-bond acceptors (Lipinski definition) is 1. The van der Waals surface area contributed by atoms with E-state index in [2.05, 4.69) is 4.98 Å². The molecule has 0 aliphatic rings. The van der Waals surface area contributed by atoms with Gasteiger partial charge in [-0.2, -0.15) is 0 Å². The number of carbonyl (C=O) groups excluding carboxylic acids is 1. The molecule has 0 fully saturated rings. The van der Waals surface area contributed by atoms with Gasteiger partial charge in [-0.05, 0) is 31.2 Å². The molecule has 0 radical (unpaired) electrons. The molecule has 1 N–H and O–H groups in total. The predicted octanol–water partition coefficient (Wildman–Crippen LogP) is 2.96. The van der Waals surface area contributed by atoms with Gasteiger partial charge in [-0.15, -0.1) is 0 Å². The maximum Gasteiger partial charge on any atom is 0.166 e. The zero-order chi connectivity index (χ0) is 11.1. The number of aromatic nitrogens is 1. The van der Waals surface area contributed by atoms with Gasteiger partial charge in [-0.1, -0.05) is 17.7 Å². The highest BCUT2D eigenvalue weighted by Crippen LogP contribution is 1.98. The van der Waals surface area contributed by atoms with Gasteiger partial charge in [0.05, 0.1) is 5.69 Å². The minimum Gasteiger partial charge on any atom is -0.359 e. The van der Waals surface area contributed by atoms with Gasteiger partial charge in [-0.25, -0.2) is 4.39 Å². The first-order valence-corrected chi connectivity index (χ1v) is 4.53. The summed E-state index contributed by atoms with van der Waals surface area (Å²) >= 11 is 0. The first-order chi connectivity index (χ1) is 7.22. The molecule has 0 saturated heterocycles. The minimum absolute atomic E-state index is 0.171. The van der Waals surface area contributed by atoms with Gasteiger partial charge in [0, 0.05) is 6.20 Å². The molecule has 0 saturated carbocycles. The maximum absolute atomic E-state index is 12.1. The Balaban J connectivity index is 0.000000151. The molecule has 15 heavy (non-hydrogen) atoms. The topological polar surface area (TPSA) is 32.9 Å². The number of H-pyrrole nitrogens is 1. The molecule has 0 amide bonds. The third-order valence-electron chi connectivity index (χ3n) is 1.76. The summed E-state index contributed by atoms with van der Waals surface area (Å²) in [7, 11) is 0. The summed E-state index contributed by atoms with van der Waals surface area (Å²) < 4.78 is 12.1. The SMILES string of the molecule is Cc1ccc(F)cc1.O=Cc1ccc[nH]1. The zero-order valence-electron chi connectivity index (χ0n) is 8.41. The van der Waals surface area contributed by atoms with Crippen LogP contribution in [0.25, 0.3) is 0 Å². The molecule has 1 aromatic carbocycles. The van der Waals surface area contributed by atoms with Crippen LogP contribution in [-0.2, 0) is 0 Å². The number of halogens is 1. The summed E-state index contributed by atoms with van der Waals surface area (Å²) in [5.74, 6) is -0.171. The van der Waals surface area contributed by atoms with Crippen LogP contribution in [0.3, 0.4) is 0 Å². The van der Waals surface area contributed by atoms with Crippen LogP contribution in [0, 0.1) is 12.7 Å². The molecule has 1 aromatic heterocycles. The fourth-order valence-electron chi connectivity index (χ4n) is 0.951. The molecule has 2 aromatic rings. The average molecular weight is 205 g/mol. The summed E-state index contributed by atoms with van der Waals surface area (Å²) in [5.41, 5.74) is 1.71. The Hall–Kier alpha value is -1.90. The third kappa shape index (κ3) is 4.22. The number of nitrogens with one attached hydrogen (secondary N) is 1. The summed E-state index contributed by atoms with van der Waals surface area (Å²) in [6.45, 7) is 1.93. The zero-order valence-corrected chi connectivity index (χ0v) is 8.41. The summed E-state index contributed by atoms with van der Waals surface area (Å²) in [6, 6.07) is 9.89. The van der Waals surface area contributed by atoms with E-state index in [1.807, 2.05) is 6.92 Å². The van der Waals surface area contributed by atoms with Crippen LogP contribution in [0.2, 0.25) is 0 Å². The molecule has 1 heterocycles. The number of aromatic amines is 1. The van der Waals surface area contributed by atoms with Crippen molar-refractivity contribution >= 4 is 6.29 Å². The Labute approximate surface area is 87.8 Å². The molecule has 0 atom stereocenters. The van der Waals surface area contributed by atoms with Crippen LogP contribution in [0.15, 0.2) is 42.6 Å². The fourth-order valence-corrected chi connectivity index (χ4v) is 0.951. The van der Waals surface area contributed by atoms with Crippen molar-refractivity contribution in [3.8, 4) is 0 Å². The van der Waals surface area contributed by atoms with Gasteiger partial charge in [0.2, 0.25) is 0 Å². The highest BCUT2D eigenvalue weighted by Gasteiger charge is 1.83. The lowest BCUT2D eigenvalue weighted by Gasteiger charge is -1.87. The smallest absolute Gasteiger partial charge is 0.166 e. The van der Waals surface area contributed by atoms with Gasteiger partial charge < -0.3 is 4.98 Å². The van der Waals surface area contributed by atoms with E-state index in [1.165, 1.54) is 12.1 Å². The molecule has 3 heteroatoms.